The molecule has 1 atom stereocenters. The number of alkyl halides is 3. The fourth-order valence-electron chi connectivity index (χ4n) is 3.38. The van der Waals surface area contributed by atoms with Crippen molar-refractivity contribution >= 4 is 23.4 Å². The SMILES string of the molecule is Nc1ncnc(-c2cnn([C@@H](C(=O)O)c3ccc(C(F)(F)F)cc3)c2)c1-c1ccc(Cl)cc1. The molecule has 0 spiro atoms. The molecule has 3 N–H and O–H groups in total. The van der Waals surface area contributed by atoms with Gasteiger partial charge in [0, 0.05) is 16.8 Å². The first-order chi connectivity index (χ1) is 15.6. The van der Waals surface area contributed by atoms with Gasteiger partial charge in [-0.2, -0.15) is 18.3 Å². The van der Waals surface area contributed by atoms with Gasteiger partial charge >= 0.3 is 12.1 Å². The van der Waals surface area contributed by atoms with Gasteiger partial charge in [0.25, 0.3) is 0 Å². The zero-order valence-corrected chi connectivity index (χ0v) is 17.4. The van der Waals surface area contributed by atoms with E-state index in [0.29, 0.717) is 27.4 Å². The molecule has 0 aliphatic carbocycles. The topological polar surface area (TPSA) is 107 Å². The van der Waals surface area contributed by atoms with Crippen LogP contribution in [-0.2, 0) is 11.0 Å². The third kappa shape index (κ3) is 4.51. The lowest BCUT2D eigenvalue weighted by molar-refractivity contribution is -0.139. The number of hydrogen-bond donors (Lipinski definition) is 2. The van der Waals surface area contributed by atoms with E-state index in [-0.39, 0.29) is 11.4 Å². The summed E-state index contributed by atoms with van der Waals surface area (Å²) in [4.78, 5) is 20.3. The second kappa shape index (κ2) is 8.55. The molecule has 4 rings (SSSR count). The fourth-order valence-corrected chi connectivity index (χ4v) is 3.51. The van der Waals surface area contributed by atoms with E-state index in [4.69, 9.17) is 17.3 Å². The molecule has 33 heavy (non-hydrogen) atoms. The van der Waals surface area contributed by atoms with Crippen molar-refractivity contribution in [3.05, 3.63) is 83.4 Å². The highest BCUT2D eigenvalue weighted by Gasteiger charge is 2.31. The van der Waals surface area contributed by atoms with E-state index in [1.807, 2.05) is 0 Å². The van der Waals surface area contributed by atoms with Crippen LogP contribution in [0.15, 0.2) is 67.3 Å². The zero-order valence-electron chi connectivity index (χ0n) is 16.7. The van der Waals surface area contributed by atoms with Gasteiger partial charge in [-0.3, -0.25) is 4.68 Å². The van der Waals surface area contributed by atoms with Gasteiger partial charge in [0.15, 0.2) is 6.04 Å². The molecule has 7 nitrogen and oxygen atoms in total. The number of benzene rings is 2. The Kier molecular flexibility index (Phi) is 5.77. The highest BCUT2D eigenvalue weighted by molar-refractivity contribution is 6.30. The van der Waals surface area contributed by atoms with E-state index >= 15 is 0 Å². The fraction of sp³-hybridized carbons (Fsp3) is 0.0909. The lowest BCUT2D eigenvalue weighted by Crippen LogP contribution is -2.21. The largest absolute Gasteiger partial charge is 0.479 e. The number of nitrogens with two attached hydrogens (primary N) is 1. The standard InChI is InChI=1S/C22H15ClF3N5O2/c23-16-7-3-12(4-8-16)17-18(28-11-29-20(17)27)14-9-30-31(10-14)19(21(32)33)13-1-5-15(6-2-13)22(24,25)26/h1-11,19H,(H,32,33)(H2,27,28,29)/t19-/m1/s1. The third-order valence-electron chi connectivity index (χ3n) is 4.94. The van der Waals surface area contributed by atoms with Crippen LogP contribution in [0.2, 0.25) is 5.02 Å². The van der Waals surface area contributed by atoms with Crippen LogP contribution in [0, 0.1) is 0 Å². The lowest BCUT2D eigenvalue weighted by Gasteiger charge is -2.15. The van der Waals surface area contributed by atoms with Crippen molar-refractivity contribution in [2.75, 3.05) is 5.73 Å². The number of aromatic nitrogens is 4. The Morgan fingerprint density at radius 3 is 2.30 bits per heavy atom. The van der Waals surface area contributed by atoms with E-state index in [1.54, 1.807) is 24.3 Å². The number of anilines is 1. The molecule has 0 saturated carbocycles. The molecular formula is C22H15ClF3N5O2. The Bertz CT molecular complexity index is 1310. The maximum absolute atomic E-state index is 12.9. The molecule has 2 aromatic carbocycles. The number of aliphatic carboxylic acids is 1. The van der Waals surface area contributed by atoms with Crippen molar-refractivity contribution in [1.29, 1.82) is 0 Å². The van der Waals surface area contributed by atoms with E-state index in [2.05, 4.69) is 15.1 Å². The summed E-state index contributed by atoms with van der Waals surface area (Å²) in [5.74, 6) is -1.09. The van der Waals surface area contributed by atoms with Crippen molar-refractivity contribution in [3.63, 3.8) is 0 Å². The second-order valence-electron chi connectivity index (χ2n) is 7.06. The molecular weight excluding hydrogens is 459 g/mol. The first-order valence-corrected chi connectivity index (χ1v) is 9.84. The van der Waals surface area contributed by atoms with Gasteiger partial charge in [-0.15, -0.1) is 0 Å². The number of carboxylic acids is 1. The molecule has 0 aliphatic rings. The number of nitrogens with zero attached hydrogens (tertiary/aromatic N) is 4. The van der Waals surface area contributed by atoms with Crippen LogP contribution >= 0.6 is 11.6 Å². The minimum absolute atomic E-state index is 0.130. The summed E-state index contributed by atoms with van der Waals surface area (Å²) < 4.78 is 39.7. The molecule has 0 saturated heterocycles. The smallest absolute Gasteiger partial charge is 0.416 e. The van der Waals surface area contributed by atoms with Crippen molar-refractivity contribution in [2.45, 2.75) is 12.2 Å². The predicted octanol–water partition coefficient (Wildman–Crippen LogP) is 4.94. The Labute approximate surface area is 190 Å². The van der Waals surface area contributed by atoms with Crippen LogP contribution in [0.4, 0.5) is 19.0 Å². The number of hydrogen-bond acceptors (Lipinski definition) is 5. The minimum atomic E-state index is -4.53. The van der Waals surface area contributed by atoms with E-state index in [1.165, 1.54) is 18.7 Å². The predicted molar refractivity (Wildman–Crippen MR) is 115 cm³/mol. The molecule has 0 bridgehead atoms. The summed E-state index contributed by atoms with van der Waals surface area (Å²) in [7, 11) is 0. The summed E-state index contributed by atoms with van der Waals surface area (Å²) in [5, 5.41) is 14.4. The molecule has 2 heterocycles. The molecule has 0 fully saturated rings. The molecule has 11 heteroatoms. The van der Waals surface area contributed by atoms with E-state index in [0.717, 1.165) is 28.9 Å². The Morgan fingerprint density at radius 1 is 1.03 bits per heavy atom. The molecule has 168 valence electrons. The number of carboxylic acid groups (broad SMARTS) is 1. The highest BCUT2D eigenvalue weighted by Crippen LogP contribution is 2.35. The van der Waals surface area contributed by atoms with Crippen molar-refractivity contribution < 1.29 is 23.1 Å². The second-order valence-corrected chi connectivity index (χ2v) is 7.50. The first-order valence-electron chi connectivity index (χ1n) is 9.46. The number of carbonyl (C=O) groups is 1. The van der Waals surface area contributed by atoms with Crippen LogP contribution in [-0.4, -0.2) is 30.8 Å². The Morgan fingerprint density at radius 2 is 1.70 bits per heavy atom. The number of nitrogen functional groups attached to an aromatic ring is 1. The number of halogens is 4. The Balaban J connectivity index is 1.75. The Hall–Kier alpha value is -3.92. The minimum Gasteiger partial charge on any atom is -0.479 e. The van der Waals surface area contributed by atoms with E-state index < -0.39 is 23.8 Å². The summed E-state index contributed by atoms with van der Waals surface area (Å²) in [6, 6.07) is 9.40. The van der Waals surface area contributed by atoms with Crippen LogP contribution in [0.25, 0.3) is 22.4 Å². The third-order valence-corrected chi connectivity index (χ3v) is 5.19. The van der Waals surface area contributed by atoms with Crippen molar-refractivity contribution in [2.24, 2.45) is 0 Å². The summed E-state index contributed by atoms with van der Waals surface area (Å²) >= 11 is 5.96. The van der Waals surface area contributed by atoms with Gasteiger partial charge < -0.3 is 10.8 Å². The van der Waals surface area contributed by atoms with Gasteiger partial charge in [0.1, 0.15) is 12.1 Å². The average Bonchev–Trinajstić information content (AvgIpc) is 3.23. The normalized spacial score (nSPS) is 12.5. The molecule has 0 aliphatic heterocycles. The molecule has 2 aromatic heterocycles. The van der Waals surface area contributed by atoms with Gasteiger partial charge in [-0.05, 0) is 35.4 Å². The molecule has 4 aromatic rings. The quantitative estimate of drug-likeness (QED) is 0.425. The summed E-state index contributed by atoms with van der Waals surface area (Å²) in [6.07, 6.45) is -0.411. The summed E-state index contributed by atoms with van der Waals surface area (Å²) in [6.45, 7) is 0. The van der Waals surface area contributed by atoms with Gasteiger partial charge in [-0.25, -0.2) is 14.8 Å². The molecule has 0 unspecified atom stereocenters. The van der Waals surface area contributed by atoms with Gasteiger partial charge in [-0.1, -0.05) is 35.9 Å². The van der Waals surface area contributed by atoms with Crippen LogP contribution in [0.3, 0.4) is 0 Å². The van der Waals surface area contributed by atoms with Gasteiger partial charge in [0.2, 0.25) is 0 Å². The zero-order chi connectivity index (χ0) is 23.8. The highest BCUT2D eigenvalue weighted by atomic mass is 35.5. The lowest BCUT2D eigenvalue weighted by atomic mass is 10.0. The summed E-state index contributed by atoms with van der Waals surface area (Å²) in [5.41, 5.74) is 7.40. The van der Waals surface area contributed by atoms with Crippen LogP contribution in [0.1, 0.15) is 17.2 Å². The molecule has 0 radical (unpaired) electrons. The van der Waals surface area contributed by atoms with Crippen molar-refractivity contribution in [1.82, 2.24) is 19.7 Å². The maximum atomic E-state index is 12.9. The van der Waals surface area contributed by atoms with Crippen molar-refractivity contribution in [3.8, 4) is 22.4 Å². The molecule has 0 amide bonds. The van der Waals surface area contributed by atoms with Crippen LogP contribution < -0.4 is 5.73 Å². The van der Waals surface area contributed by atoms with Gasteiger partial charge in [0.05, 0.1) is 23.0 Å². The number of rotatable bonds is 5. The maximum Gasteiger partial charge on any atom is 0.416 e. The average molecular weight is 474 g/mol. The van der Waals surface area contributed by atoms with Crippen LogP contribution in [0.5, 0.6) is 0 Å². The monoisotopic (exact) mass is 473 g/mol. The van der Waals surface area contributed by atoms with E-state index in [9.17, 15) is 23.1 Å². The first kappa shape index (κ1) is 22.3.